The number of rotatable bonds is 1. The normalized spacial score (nSPS) is 16.2. The predicted molar refractivity (Wildman–Crippen MR) is 65.3 cm³/mol. The van der Waals surface area contributed by atoms with Crippen LogP contribution in [0, 0.1) is 6.92 Å². The molecule has 0 unspecified atom stereocenters. The number of morpholine rings is 1. The lowest BCUT2D eigenvalue weighted by atomic mass is 10.2. The largest absolute Gasteiger partial charge is 0.378 e. The van der Waals surface area contributed by atoms with Gasteiger partial charge in [0, 0.05) is 19.3 Å². The number of hydrogen-bond acceptors (Lipinski definition) is 4. The Labute approximate surface area is 104 Å². The zero-order valence-corrected chi connectivity index (χ0v) is 10.1. The molecule has 94 valence electrons. The van der Waals surface area contributed by atoms with Crippen LogP contribution >= 0.6 is 0 Å². The number of imidazole rings is 1. The fourth-order valence-corrected chi connectivity index (χ4v) is 2.09. The van der Waals surface area contributed by atoms with Crippen LogP contribution in [0.2, 0.25) is 0 Å². The van der Waals surface area contributed by atoms with E-state index in [-0.39, 0.29) is 5.91 Å². The quantitative estimate of drug-likeness (QED) is 0.805. The lowest BCUT2D eigenvalue weighted by Crippen LogP contribution is -2.40. The highest BCUT2D eigenvalue weighted by Gasteiger charge is 2.19. The highest BCUT2D eigenvalue weighted by molar-refractivity contribution is 5.96. The van der Waals surface area contributed by atoms with Crippen molar-refractivity contribution >= 4 is 17.1 Å². The molecule has 1 saturated heterocycles. The zero-order valence-electron chi connectivity index (χ0n) is 10.1. The maximum atomic E-state index is 12.2. The third kappa shape index (κ3) is 1.95. The van der Waals surface area contributed by atoms with Gasteiger partial charge in [-0.1, -0.05) is 0 Å². The van der Waals surface area contributed by atoms with Gasteiger partial charge in [0.05, 0.1) is 24.3 Å². The van der Waals surface area contributed by atoms with Gasteiger partial charge in [0.15, 0.2) is 5.65 Å². The molecule has 0 aliphatic carbocycles. The molecule has 1 fully saturated rings. The number of aromatic nitrogens is 3. The predicted octanol–water partition coefficient (Wildman–Crippen LogP) is 0.739. The fourth-order valence-electron chi connectivity index (χ4n) is 2.09. The third-order valence-electron chi connectivity index (χ3n) is 3.00. The maximum Gasteiger partial charge on any atom is 0.255 e. The summed E-state index contributed by atoms with van der Waals surface area (Å²) in [5.74, 6) is 0.799. The summed E-state index contributed by atoms with van der Waals surface area (Å²) in [6.07, 6.45) is 1.58. The number of nitrogens with zero attached hydrogens (tertiary/aromatic N) is 3. The van der Waals surface area contributed by atoms with Crippen LogP contribution in [0.1, 0.15) is 16.2 Å². The molecule has 0 atom stereocenters. The first-order valence-electron chi connectivity index (χ1n) is 5.93. The molecule has 18 heavy (non-hydrogen) atoms. The van der Waals surface area contributed by atoms with Gasteiger partial charge in [-0.05, 0) is 13.0 Å². The third-order valence-corrected chi connectivity index (χ3v) is 3.00. The number of H-pyrrole nitrogens is 1. The number of carbonyl (C=O) groups excluding carboxylic acids is 1. The van der Waals surface area contributed by atoms with E-state index in [1.165, 1.54) is 0 Å². The Bertz CT molecular complexity index is 587. The van der Waals surface area contributed by atoms with Crippen LogP contribution in [0.3, 0.4) is 0 Å². The highest BCUT2D eigenvalue weighted by atomic mass is 16.5. The van der Waals surface area contributed by atoms with Crippen LogP contribution in [-0.2, 0) is 4.74 Å². The number of amides is 1. The second-order valence-electron chi connectivity index (χ2n) is 4.32. The summed E-state index contributed by atoms with van der Waals surface area (Å²) in [6.45, 7) is 4.35. The number of aromatic amines is 1. The van der Waals surface area contributed by atoms with Crippen LogP contribution in [0.4, 0.5) is 0 Å². The number of nitrogens with one attached hydrogen (secondary N) is 1. The van der Waals surface area contributed by atoms with Gasteiger partial charge in [-0.25, -0.2) is 9.97 Å². The number of aryl methyl sites for hydroxylation is 1. The molecule has 6 heteroatoms. The second kappa shape index (κ2) is 4.38. The number of hydrogen-bond donors (Lipinski definition) is 1. The highest BCUT2D eigenvalue weighted by Crippen LogP contribution is 2.13. The van der Waals surface area contributed by atoms with Crippen LogP contribution in [0.5, 0.6) is 0 Å². The summed E-state index contributed by atoms with van der Waals surface area (Å²) in [4.78, 5) is 25.5. The summed E-state index contributed by atoms with van der Waals surface area (Å²) in [5, 5.41) is 0. The molecule has 2 aromatic heterocycles. The molecular weight excluding hydrogens is 232 g/mol. The molecule has 3 rings (SSSR count). The maximum absolute atomic E-state index is 12.2. The van der Waals surface area contributed by atoms with Gasteiger partial charge in [-0.2, -0.15) is 0 Å². The molecule has 6 nitrogen and oxygen atoms in total. The minimum absolute atomic E-state index is 0.0000435. The Morgan fingerprint density at radius 2 is 2.22 bits per heavy atom. The van der Waals surface area contributed by atoms with Gasteiger partial charge in [0.1, 0.15) is 5.82 Å². The van der Waals surface area contributed by atoms with Gasteiger partial charge in [-0.15, -0.1) is 0 Å². The molecule has 1 aliphatic heterocycles. The van der Waals surface area contributed by atoms with Crippen molar-refractivity contribution in [2.24, 2.45) is 0 Å². The SMILES string of the molecule is Cc1nc2ncc(C(=O)N3CCOCC3)cc2[nH]1. The van der Waals surface area contributed by atoms with Gasteiger partial charge in [0.2, 0.25) is 0 Å². The summed E-state index contributed by atoms with van der Waals surface area (Å²) in [5.41, 5.74) is 2.03. The average Bonchev–Trinajstić information content (AvgIpc) is 2.78. The van der Waals surface area contributed by atoms with Crippen molar-refractivity contribution in [1.29, 1.82) is 0 Å². The summed E-state index contributed by atoms with van der Waals surface area (Å²) in [7, 11) is 0. The first kappa shape index (κ1) is 11.2. The Morgan fingerprint density at radius 1 is 1.44 bits per heavy atom. The molecule has 1 amide bonds. The standard InChI is InChI=1S/C12H14N4O2/c1-8-14-10-6-9(7-13-11(10)15-8)12(17)16-2-4-18-5-3-16/h6-7H,2-5H2,1H3,(H,13,14,15). The van der Waals surface area contributed by atoms with Crippen LogP contribution in [0.15, 0.2) is 12.3 Å². The lowest BCUT2D eigenvalue weighted by Gasteiger charge is -2.26. The van der Waals surface area contributed by atoms with Gasteiger partial charge in [-0.3, -0.25) is 4.79 Å². The van der Waals surface area contributed by atoms with Crippen molar-refractivity contribution in [3.63, 3.8) is 0 Å². The van der Waals surface area contributed by atoms with Crippen molar-refractivity contribution in [3.05, 3.63) is 23.7 Å². The number of carbonyl (C=O) groups is 1. The molecule has 0 saturated carbocycles. The van der Waals surface area contributed by atoms with Crippen molar-refractivity contribution in [1.82, 2.24) is 19.9 Å². The molecule has 0 radical (unpaired) electrons. The van der Waals surface area contributed by atoms with E-state index in [2.05, 4.69) is 15.0 Å². The first-order valence-corrected chi connectivity index (χ1v) is 5.93. The Kier molecular flexibility index (Phi) is 2.71. The minimum Gasteiger partial charge on any atom is -0.378 e. The van der Waals surface area contributed by atoms with Gasteiger partial charge >= 0.3 is 0 Å². The molecule has 0 bridgehead atoms. The monoisotopic (exact) mass is 246 g/mol. The van der Waals surface area contributed by atoms with E-state index in [0.29, 0.717) is 37.5 Å². The molecule has 2 aromatic rings. The molecule has 1 aliphatic rings. The molecule has 1 N–H and O–H groups in total. The van der Waals surface area contributed by atoms with Crippen molar-refractivity contribution in [3.8, 4) is 0 Å². The van der Waals surface area contributed by atoms with E-state index in [9.17, 15) is 4.79 Å². The molecule has 0 spiro atoms. The lowest BCUT2D eigenvalue weighted by molar-refractivity contribution is 0.0302. The minimum atomic E-state index is -0.0000435. The van der Waals surface area contributed by atoms with Crippen LogP contribution in [-0.4, -0.2) is 52.1 Å². The van der Waals surface area contributed by atoms with Gasteiger partial charge < -0.3 is 14.6 Å². The number of fused-ring (bicyclic) bond motifs is 1. The Balaban J connectivity index is 1.90. The number of pyridine rings is 1. The van der Waals surface area contributed by atoms with E-state index in [1.54, 1.807) is 17.2 Å². The van der Waals surface area contributed by atoms with Crippen LogP contribution < -0.4 is 0 Å². The van der Waals surface area contributed by atoms with E-state index in [4.69, 9.17) is 4.74 Å². The fraction of sp³-hybridized carbons (Fsp3) is 0.417. The summed E-state index contributed by atoms with van der Waals surface area (Å²) in [6, 6.07) is 1.81. The number of ether oxygens (including phenoxy) is 1. The van der Waals surface area contributed by atoms with Gasteiger partial charge in [0.25, 0.3) is 5.91 Å². The van der Waals surface area contributed by atoms with Crippen molar-refractivity contribution in [2.75, 3.05) is 26.3 Å². The zero-order chi connectivity index (χ0) is 12.5. The topological polar surface area (TPSA) is 71.1 Å². The Morgan fingerprint density at radius 3 is 3.00 bits per heavy atom. The first-order chi connectivity index (χ1) is 8.74. The van der Waals surface area contributed by atoms with Crippen LogP contribution in [0.25, 0.3) is 11.2 Å². The van der Waals surface area contributed by atoms with E-state index in [1.807, 2.05) is 6.92 Å². The van der Waals surface area contributed by atoms with E-state index < -0.39 is 0 Å². The average molecular weight is 246 g/mol. The molecule has 0 aromatic carbocycles. The van der Waals surface area contributed by atoms with E-state index >= 15 is 0 Å². The smallest absolute Gasteiger partial charge is 0.255 e. The summed E-state index contributed by atoms with van der Waals surface area (Å²) < 4.78 is 5.23. The Hall–Kier alpha value is -1.95. The van der Waals surface area contributed by atoms with Crippen molar-refractivity contribution in [2.45, 2.75) is 6.92 Å². The van der Waals surface area contributed by atoms with E-state index in [0.717, 1.165) is 11.3 Å². The second-order valence-corrected chi connectivity index (χ2v) is 4.32. The molecular formula is C12H14N4O2. The van der Waals surface area contributed by atoms with Crippen molar-refractivity contribution < 1.29 is 9.53 Å². The molecule has 3 heterocycles. The summed E-state index contributed by atoms with van der Waals surface area (Å²) >= 11 is 0.